The second-order valence-electron chi connectivity index (χ2n) is 6.66. The second kappa shape index (κ2) is 4.68. The molecule has 22 heavy (non-hydrogen) atoms. The highest BCUT2D eigenvalue weighted by molar-refractivity contribution is 5.86. The zero-order valence-corrected chi connectivity index (χ0v) is 12.4. The summed E-state index contributed by atoms with van der Waals surface area (Å²) < 4.78 is 0. The van der Waals surface area contributed by atoms with Crippen LogP contribution in [-0.2, 0) is 0 Å². The van der Waals surface area contributed by atoms with Crippen LogP contribution in [0, 0.1) is 5.92 Å². The van der Waals surface area contributed by atoms with Gasteiger partial charge in [0.05, 0.1) is 17.9 Å². The summed E-state index contributed by atoms with van der Waals surface area (Å²) in [7, 11) is 0. The summed E-state index contributed by atoms with van der Waals surface area (Å²) in [6.45, 7) is 0. The van der Waals surface area contributed by atoms with Crippen LogP contribution in [0.3, 0.4) is 0 Å². The first-order chi connectivity index (χ1) is 10.9. The van der Waals surface area contributed by atoms with E-state index < -0.39 is 0 Å². The number of nitrogens with zero attached hydrogens (tertiary/aromatic N) is 1. The van der Waals surface area contributed by atoms with Crippen LogP contribution < -0.4 is 5.32 Å². The summed E-state index contributed by atoms with van der Waals surface area (Å²) >= 11 is 0. The number of aromatic nitrogens is 2. The third kappa shape index (κ3) is 1.89. The normalized spacial score (nSPS) is 26.8. The Balaban J connectivity index is 1.50. The van der Waals surface area contributed by atoms with Crippen molar-refractivity contribution in [1.29, 1.82) is 0 Å². The molecule has 2 heterocycles. The van der Waals surface area contributed by atoms with Crippen molar-refractivity contribution in [2.45, 2.75) is 31.3 Å². The van der Waals surface area contributed by atoms with Gasteiger partial charge >= 0.3 is 0 Å². The number of piperidine rings is 1. The molecular weight excluding hydrogens is 270 g/mol. The van der Waals surface area contributed by atoms with Crippen LogP contribution in [0.2, 0.25) is 0 Å². The summed E-state index contributed by atoms with van der Waals surface area (Å²) in [5.41, 5.74) is 2.32. The molecule has 110 valence electrons. The van der Waals surface area contributed by atoms with E-state index in [2.05, 4.69) is 57.7 Å². The lowest BCUT2D eigenvalue weighted by Gasteiger charge is -2.20. The van der Waals surface area contributed by atoms with Gasteiger partial charge in [-0.15, -0.1) is 0 Å². The fraction of sp³-hybridized carbons (Fsp3) is 0.316. The van der Waals surface area contributed by atoms with Gasteiger partial charge in [-0.25, -0.2) is 4.98 Å². The first-order valence-electron chi connectivity index (χ1n) is 8.17. The molecule has 1 aromatic heterocycles. The van der Waals surface area contributed by atoms with Gasteiger partial charge in [0.25, 0.3) is 0 Å². The minimum Gasteiger partial charge on any atom is -0.341 e. The van der Waals surface area contributed by atoms with E-state index in [1.165, 1.54) is 35.6 Å². The monoisotopic (exact) mass is 289 g/mol. The smallest absolute Gasteiger partial charge is 0.124 e. The standard InChI is InChI=1S/C19H19N3/c1-2-4-13-9-14(6-5-12(13)3-1)17-11-20-19(22-17)18-15-7-8-16(10-15)21-18/h1-6,9,11,15-16,18,21H,7-8,10H2,(H,20,22). The molecule has 3 nitrogen and oxygen atoms in total. The maximum Gasteiger partial charge on any atom is 0.124 e. The Kier molecular flexibility index (Phi) is 2.64. The number of benzene rings is 2. The van der Waals surface area contributed by atoms with Crippen LogP contribution in [-0.4, -0.2) is 16.0 Å². The number of hydrogen-bond acceptors (Lipinski definition) is 2. The van der Waals surface area contributed by atoms with E-state index in [1.54, 1.807) is 0 Å². The number of imidazole rings is 1. The molecule has 1 saturated heterocycles. The highest BCUT2D eigenvalue weighted by atomic mass is 15.1. The number of hydrogen-bond donors (Lipinski definition) is 2. The van der Waals surface area contributed by atoms with Crippen LogP contribution in [0.25, 0.3) is 22.0 Å². The van der Waals surface area contributed by atoms with E-state index in [-0.39, 0.29) is 0 Å². The van der Waals surface area contributed by atoms with Gasteiger partial charge in [-0.3, -0.25) is 0 Å². The number of fused-ring (bicyclic) bond motifs is 3. The van der Waals surface area contributed by atoms with Gasteiger partial charge in [-0.05, 0) is 42.0 Å². The molecule has 1 aliphatic carbocycles. The van der Waals surface area contributed by atoms with Gasteiger partial charge in [0.1, 0.15) is 5.82 Å². The fourth-order valence-electron chi connectivity index (χ4n) is 4.16. The molecule has 3 unspecified atom stereocenters. The lowest BCUT2D eigenvalue weighted by atomic mass is 10.00. The minimum absolute atomic E-state index is 0.424. The maximum absolute atomic E-state index is 4.66. The van der Waals surface area contributed by atoms with Crippen molar-refractivity contribution >= 4 is 10.8 Å². The molecule has 3 atom stereocenters. The second-order valence-corrected chi connectivity index (χ2v) is 6.66. The fourth-order valence-corrected chi connectivity index (χ4v) is 4.16. The Hall–Kier alpha value is -2.13. The molecule has 2 aromatic carbocycles. The van der Waals surface area contributed by atoms with E-state index in [1.807, 2.05) is 6.20 Å². The van der Waals surface area contributed by atoms with Crippen LogP contribution in [0.15, 0.2) is 48.7 Å². The van der Waals surface area contributed by atoms with Crippen molar-refractivity contribution in [2.24, 2.45) is 5.92 Å². The average Bonchev–Trinajstić information content (AvgIpc) is 3.30. The number of aromatic amines is 1. The summed E-state index contributed by atoms with van der Waals surface area (Å²) in [5, 5.41) is 6.26. The molecule has 3 aromatic rings. The predicted molar refractivity (Wildman–Crippen MR) is 88.5 cm³/mol. The van der Waals surface area contributed by atoms with Crippen molar-refractivity contribution in [2.75, 3.05) is 0 Å². The third-order valence-electron chi connectivity index (χ3n) is 5.31. The molecule has 3 heteroatoms. The third-order valence-corrected chi connectivity index (χ3v) is 5.31. The number of H-pyrrole nitrogens is 1. The average molecular weight is 289 g/mol. The first kappa shape index (κ1) is 12.4. The zero-order chi connectivity index (χ0) is 14.5. The Morgan fingerprint density at radius 3 is 2.73 bits per heavy atom. The Labute approximate surface area is 129 Å². The van der Waals surface area contributed by atoms with E-state index in [4.69, 9.17) is 0 Å². The van der Waals surface area contributed by atoms with Crippen molar-refractivity contribution in [3.8, 4) is 11.3 Å². The van der Waals surface area contributed by atoms with Crippen molar-refractivity contribution in [3.05, 3.63) is 54.5 Å². The summed E-state index contributed by atoms with van der Waals surface area (Å²) in [6.07, 6.45) is 5.97. The van der Waals surface area contributed by atoms with E-state index in [0.29, 0.717) is 12.1 Å². The molecule has 1 aliphatic heterocycles. The van der Waals surface area contributed by atoms with Crippen LogP contribution in [0.1, 0.15) is 31.1 Å². The van der Waals surface area contributed by atoms with Gasteiger partial charge in [0.2, 0.25) is 0 Å². The van der Waals surface area contributed by atoms with Crippen molar-refractivity contribution in [1.82, 2.24) is 15.3 Å². The van der Waals surface area contributed by atoms with Crippen molar-refractivity contribution in [3.63, 3.8) is 0 Å². The lowest BCUT2D eigenvalue weighted by molar-refractivity contribution is 0.379. The van der Waals surface area contributed by atoms with Gasteiger partial charge in [0, 0.05) is 11.6 Å². The molecule has 2 aliphatic rings. The Morgan fingerprint density at radius 2 is 1.91 bits per heavy atom. The van der Waals surface area contributed by atoms with E-state index in [0.717, 1.165) is 17.4 Å². The Bertz CT molecular complexity index is 835. The van der Waals surface area contributed by atoms with Crippen molar-refractivity contribution < 1.29 is 0 Å². The van der Waals surface area contributed by atoms with E-state index in [9.17, 15) is 0 Å². The molecule has 0 amide bonds. The van der Waals surface area contributed by atoms with Crippen LogP contribution in [0.4, 0.5) is 0 Å². The molecule has 0 spiro atoms. The summed E-state index contributed by atoms with van der Waals surface area (Å²) in [4.78, 5) is 8.20. The zero-order valence-electron chi connectivity index (χ0n) is 12.4. The Morgan fingerprint density at radius 1 is 1.00 bits per heavy atom. The quantitative estimate of drug-likeness (QED) is 0.747. The molecule has 2 bridgehead atoms. The van der Waals surface area contributed by atoms with Crippen LogP contribution in [0.5, 0.6) is 0 Å². The summed E-state index contributed by atoms with van der Waals surface area (Å²) in [5.74, 6) is 1.87. The molecule has 5 rings (SSSR count). The number of nitrogens with one attached hydrogen (secondary N) is 2. The lowest BCUT2D eigenvalue weighted by Crippen LogP contribution is -2.29. The largest absolute Gasteiger partial charge is 0.341 e. The van der Waals surface area contributed by atoms with Crippen LogP contribution >= 0.6 is 0 Å². The molecule has 2 N–H and O–H groups in total. The molecule has 2 fully saturated rings. The van der Waals surface area contributed by atoms with Gasteiger partial charge in [-0.2, -0.15) is 0 Å². The number of rotatable bonds is 2. The molecule has 1 saturated carbocycles. The molecular formula is C19H19N3. The highest BCUT2D eigenvalue weighted by Gasteiger charge is 2.41. The minimum atomic E-state index is 0.424. The topological polar surface area (TPSA) is 40.7 Å². The van der Waals surface area contributed by atoms with E-state index >= 15 is 0 Å². The van der Waals surface area contributed by atoms with Gasteiger partial charge in [0.15, 0.2) is 0 Å². The van der Waals surface area contributed by atoms with Gasteiger partial charge < -0.3 is 10.3 Å². The first-order valence-corrected chi connectivity index (χ1v) is 8.17. The van der Waals surface area contributed by atoms with Gasteiger partial charge in [-0.1, -0.05) is 36.4 Å². The highest BCUT2D eigenvalue weighted by Crippen LogP contribution is 2.42. The predicted octanol–water partition coefficient (Wildman–Crippen LogP) is 4.04. The molecule has 0 radical (unpaired) electrons. The summed E-state index contributed by atoms with van der Waals surface area (Å²) in [6, 6.07) is 16.2. The maximum atomic E-state index is 4.66. The SMILES string of the molecule is c1ccc2cc(-c3cnc(C4NC5CCC4C5)[nH]3)ccc2c1.